The first kappa shape index (κ1) is 21.5. The van der Waals surface area contributed by atoms with Crippen LogP contribution in [0, 0.1) is 5.92 Å². The summed E-state index contributed by atoms with van der Waals surface area (Å²) in [5, 5.41) is 0. The van der Waals surface area contributed by atoms with E-state index in [1.54, 1.807) is 0 Å². The Morgan fingerprint density at radius 2 is 1.29 bits per heavy atom. The summed E-state index contributed by atoms with van der Waals surface area (Å²) < 4.78 is 5.31. The average Bonchev–Trinajstić information content (AvgIpc) is 3.40. The molecule has 0 amide bonds. The van der Waals surface area contributed by atoms with Gasteiger partial charge < -0.3 is 4.74 Å². The zero-order valence-corrected chi connectivity index (χ0v) is 16.3. The Hall–Kier alpha value is -0.530. The maximum atomic E-state index is 11.6. The number of unbranched alkanes of at least 4 members (excludes halogenated alkanes) is 12. The van der Waals surface area contributed by atoms with Crippen molar-refractivity contribution in [1.29, 1.82) is 0 Å². The third-order valence-electron chi connectivity index (χ3n) is 5.20. The molecule has 1 aliphatic rings. The maximum absolute atomic E-state index is 11.6. The van der Waals surface area contributed by atoms with Gasteiger partial charge in [-0.1, -0.05) is 103 Å². The first-order valence-electron chi connectivity index (χ1n) is 11.0. The first-order valence-corrected chi connectivity index (χ1v) is 11.0. The van der Waals surface area contributed by atoms with E-state index in [-0.39, 0.29) is 5.97 Å². The zero-order valence-electron chi connectivity index (χ0n) is 16.3. The highest BCUT2D eigenvalue weighted by atomic mass is 16.5. The van der Waals surface area contributed by atoms with Gasteiger partial charge in [-0.2, -0.15) is 0 Å². The quantitative estimate of drug-likeness (QED) is 0.195. The smallest absolute Gasteiger partial charge is 0.305 e. The second-order valence-electron chi connectivity index (χ2n) is 7.80. The first-order chi connectivity index (χ1) is 11.8. The molecule has 0 heterocycles. The molecule has 24 heavy (non-hydrogen) atoms. The van der Waals surface area contributed by atoms with Crippen LogP contribution in [0.2, 0.25) is 0 Å². The number of hydrogen-bond acceptors (Lipinski definition) is 2. The minimum Gasteiger partial charge on any atom is -0.466 e. The van der Waals surface area contributed by atoms with E-state index in [0.29, 0.717) is 13.0 Å². The van der Waals surface area contributed by atoms with Gasteiger partial charge in [-0.05, 0) is 18.8 Å². The van der Waals surface area contributed by atoms with Gasteiger partial charge in [-0.15, -0.1) is 0 Å². The Balaban J connectivity index is 1.69. The van der Waals surface area contributed by atoms with Crippen molar-refractivity contribution in [3.8, 4) is 0 Å². The second kappa shape index (κ2) is 16.0. The Kier molecular flexibility index (Phi) is 14.3. The highest BCUT2D eigenvalue weighted by Gasteiger charge is 2.19. The summed E-state index contributed by atoms with van der Waals surface area (Å²) in [5.74, 6) is 1.12. The Morgan fingerprint density at radius 1 is 0.750 bits per heavy atom. The SMILES string of the molecule is CCCCCCCCOC(=O)CCCCCCCCCCC1CC1. The van der Waals surface area contributed by atoms with Crippen molar-refractivity contribution in [2.75, 3.05) is 6.61 Å². The van der Waals surface area contributed by atoms with E-state index >= 15 is 0 Å². The average molecular weight is 339 g/mol. The summed E-state index contributed by atoms with van der Waals surface area (Å²) >= 11 is 0. The number of ether oxygens (including phenoxy) is 1. The predicted octanol–water partition coefficient (Wildman–Crippen LogP) is 7.20. The fraction of sp³-hybridized carbons (Fsp3) is 0.955. The van der Waals surface area contributed by atoms with Crippen LogP contribution in [0.1, 0.15) is 122 Å². The maximum Gasteiger partial charge on any atom is 0.305 e. The molecule has 0 radical (unpaired) electrons. The molecular weight excluding hydrogens is 296 g/mol. The summed E-state index contributed by atoms with van der Waals surface area (Å²) in [7, 11) is 0. The monoisotopic (exact) mass is 338 g/mol. The molecular formula is C22H42O2. The third kappa shape index (κ3) is 15.0. The van der Waals surface area contributed by atoms with Crippen LogP contribution in [0.4, 0.5) is 0 Å². The van der Waals surface area contributed by atoms with E-state index in [2.05, 4.69) is 6.92 Å². The number of rotatable bonds is 18. The minimum atomic E-state index is 0.0173. The van der Waals surface area contributed by atoms with Gasteiger partial charge in [-0.3, -0.25) is 4.79 Å². The van der Waals surface area contributed by atoms with Crippen LogP contribution in [0.25, 0.3) is 0 Å². The van der Waals surface area contributed by atoms with Crippen molar-refractivity contribution < 1.29 is 9.53 Å². The van der Waals surface area contributed by atoms with Crippen molar-refractivity contribution >= 4 is 5.97 Å². The highest BCUT2D eigenvalue weighted by molar-refractivity contribution is 5.69. The molecule has 0 atom stereocenters. The Bertz CT molecular complexity index is 284. The number of esters is 1. The molecule has 1 fully saturated rings. The highest BCUT2D eigenvalue weighted by Crippen LogP contribution is 2.34. The van der Waals surface area contributed by atoms with Crippen LogP contribution in [-0.2, 0) is 9.53 Å². The number of carbonyl (C=O) groups is 1. The summed E-state index contributed by atoms with van der Waals surface area (Å²) in [4.78, 5) is 11.6. The molecule has 0 saturated heterocycles. The molecule has 0 aromatic heterocycles. The van der Waals surface area contributed by atoms with Crippen LogP contribution >= 0.6 is 0 Å². The van der Waals surface area contributed by atoms with Crippen LogP contribution < -0.4 is 0 Å². The summed E-state index contributed by atoms with van der Waals surface area (Å²) in [6.07, 6.45) is 23.1. The lowest BCUT2D eigenvalue weighted by Gasteiger charge is -2.05. The lowest BCUT2D eigenvalue weighted by Crippen LogP contribution is -2.05. The lowest BCUT2D eigenvalue weighted by atomic mass is 10.1. The van der Waals surface area contributed by atoms with Crippen LogP contribution in [-0.4, -0.2) is 12.6 Å². The molecule has 0 spiro atoms. The molecule has 142 valence electrons. The van der Waals surface area contributed by atoms with Crippen molar-refractivity contribution in [2.45, 2.75) is 122 Å². The summed E-state index contributed by atoms with van der Waals surface area (Å²) in [5.41, 5.74) is 0. The second-order valence-corrected chi connectivity index (χ2v) is 7.80. The van der Waals surface area contributed by atoms with E-state index in [4.69, 9.17) is 4.74 Å². The minimum absolute atomic E-state index is 0.0173. The number of hydrogen-bond donors (Lipinski definition) is 0. The van der Waals surface area contributed by atoms with Gasteiger partial charge in [0.2, 0.25) is 0 Å². The molecule has 0 aromatic carbocycles. The van der Waals surface area contributed by atoms with Gasteiger partial charge in [0.25, 0.3) is 0 Å². The Labute approximate surface area is 151 Å². The third-order valence-corrected chi connectivity index (χ3v) is 5.20. The standard InChI is InChI=1S/C22H42O2/c1-2-3-4-5-12-15-20-24-22(23)17-14-11-9-7-6-8-10-13-16-21-18-19-21/h21H,2-20H2,1H3. The normalized spacial score (nSPS) is 14.0. The van der Waals surface area contributed by atoms with E-state index in [1.807, 2.05) is 0 Å². The van der Waals surface area contributed by atoms with Gasteiger partial charge in [0.1, 0.15) is 0 Å². The van der Waals surface area contributed by atoms with Crippen molar-refractivity contribution in [3.05, 3.63) is 0 Å². The molecule has 1 rings (SSSR count). The van der Waals surface area contributed by atoms with E-state index in [9.17, 15) is 4.79 Å². The van der Waals surface area contributed by atoms with Crippen molar-refractivity contribution in [3.63, 3.8) is 0 Å². The van der Waals surface area contributed by atoms with Crippen LogP contribution in [0.5, 0.6) is 0 Å². The van der Waals surface area contributed by atoms with E-state index < -0.39 is 0 Å². The fourth-order valence-electron chi connectivity index (χ4n) is 3.31. The molecule has 0 unspecified atom stereocenters. The molecule has 1 aliphatic carbocycles. The van der Waals surface area contributed by atoms with Crippen molar-refractivity contribution in [2.24, 2.45) is 5.92 Å². The van der Waals surface area contributed by atoms with Crippen LogP contribution in [0.15, 0.2) is 0 Å². The van der Waals surface area contributed by atoms with Gasteiger partial charge in [0.15, 0.2) is 0 Å². The molecule has 0 bridgehead atoms. The molecule has 0 aromatic rings. The summed E-state index contributed by atoms with van der Waals surface area (Å²) in [6.45, 7) is 2.86. The molecule has 2 nitrogen and oxygen atoms in total. The number of carbonyl (C=O) groups excluding carboxylic acids is 1. The fourth-order valence-corrected chi connectivity index (χ4v) is 3.31. The van der Waals surface area contributed by atoms with Gasteiger partial charge in [-0.25, -0.2) is 0 Å². The van der Waals surface area contributed by atoms with Gasteiger partial charge >= 0.3 is 5.97 Å². The van der Waals surface area contributed by atoms with Gasteiger partial charge in [0, 0.05) is 6.42 Å². The molecule has 0 aliphatic heterocycles. The van der Waals surface area contributed by atoms with Gasteiger partial charge in [0.05, 0.1) is 6.61 Å². The summed E-state index contributed by atoms with van der Waals surface area (Å²) in [6, 6.07) is 0. The van der Waals surface area contributed by atoms with E-state index in [0.717, 1.165) is 18.8 Å². The topological polar surface area (TPSA) is 26.3 Å². The predicted molar refractivity (Wildman–Crippen MR) is 103 cm³/mol. The molecule has 1 saturated carbocycles. The van der Waals surface area contributed by atoms with E-state index in [1.165, 1.54) is 96.3 Å². The largest absolute Gasteiger partial charge is 0.466 e. The Morgan fingerprint density at radius 3 is 1.92 bits per heavy atom. The molecule has 0 N–H and O–H groups in total. The lowest BCUT2D eigenvalue weighted by molar-refractivity contribution is -0.143. The van der Waals surface area contributed by atoms with Crippen molar-refractivity contribution in [1.82, 2.24) is 0 Å². The molecule has 2 heteroatoms. The van der Waals surface area contributed by atoms with Crippen LogP contribution in [0.3, 0.4) is 0 Å². The zero-order chi connectivity index (χ0) is 17.3.